The minimum atomic E-state index is -0.219. The highest BCUT2D eigenvalue weighted by Crippen LogP contribution is 2.41. The van der Waals surface area contributed by atoms with Crippen molar-refractivity contribution in [3.8, 4) is 0 Å². The summed E-state index contributed by atoms with van der Waals surface area (Å²) in [6.07, 6.45) is 7.90. The zero-order valence-corrected chi connectivity index (χ0v) is 12.2. The van der Waals surface area contributed by atoms with Gasteiger partial charge in [-0.3, -0.25) is 0 Å². The van der Waals surface area contributed by atoms with Gasteiger partial charge in [-0.2, -0.15) is 0 Å². The molecule has 0 aromatic rings. The largest absolute Gasteiger partial charge is 0.465 e. The Morgan fingerprint density at radius 1 is 1.12 bits per heavy atom. The van der Waals surface area contributed by atoms with Crippen LogP contribution in [0.4, 0.5) is 0 Å². The van der Waals surface area contributed by atoms with Crippen LogP contribution in [0.5, 0.6) is 0 Å². The zero-order valence-electron chi connectivity index (χ0n) is 12.2. The van der Waals surface area contributed by atoms with Crippen molar-refractivity contribution in [2.45, 2.75) is 77.8 Å². The zero-order chi connectivity index (χ0) is 13.1. The van der Waals surface area contributed by atoms with E-state index < -0.39 is 0 Å². The van der Waals surface area contributed by atoms with Crippen LogP contribution in [0.15, 0.2) is 12.2 Å². The molecule has 0 aromatic heterocycles. The standard InChI is InChI=1S/C14H27BO2/c1-7-9-11-12(10-8-2)15-16-13(3,4)14(5,6)17-15/h8,10,12H,7,9,11H2,1-6H3/b10-8+/t12-/m0/s1. The molecule has 0 aliphatic carbocycles. The molecule has 0 aromatic carbocycles. The van der Waals surface area contributed by atoms with Gasteiger partial charge in [-0.05, 0) is 41.0 Å². The van der Waals surface area contributed by atoms with E-state index >= 15 is 0 Å². The van der Waals surface area contributed by atoms with Crippen LogP contribution in [0, 0.1) is 0 Å². The molecule has 0 amide bonds. The molecule has 0 radical (unpaired) electrons. The SMILES string of the molecule is C/C=C/[C@@H](CCCC)B1OC(C)(C)C(C)(C)O1. The number of hydrogen-bond donors (Lipinski definition) is 0. The van der Waals surface area contributed by atoms with Gasteiger partial charge >= 0.3 is 7.12 Å². The second-order valence-corrected chi connectivity index (χ2v) is 5.96. The van der Waals surface area contributed by atoms with Crippen LogP contribution in [0.2, 0.25) is 5.82 Å². The maximum atomic E-state index is 6.10. The fourth-order valence-electron chi connectivity index (χ4n) is 2.07. The molecule has 0 bridgehead atoms. The Morgan fingerprint density at radius 2 is 1.65 bits per heavy atom. The van der Waals surface area contributed by atoms with Crippen molar-refractivity contribution in [2.24, 2.45) is 0 Å². The van der Waals surface area contributed by atoms with Gasteiger partial charge in [0.2, 0.25) is 0 Å². The lowest BCUT2D eigenvalue weighted by atomic mass is 9.69. The summed E-state index contributed by atoms with van der Waals surface area (Å²) in [7, 11) is -0.0947. The molecule has 98 valence electrons. The molecule has 3 heteroatoms. The smallest absolute Gasteiger partial charge is 0.403 e. The predicted octanol–water partition coefficient (Wildman–Crippen LogP) is 4.22. The topological polar surface area (TPSA) is 18.5 Å². The Balaban J connectivity index is 2.71. The molecule has 1 heterocycles. The van der Waals surface area contributed by atoms with Gasteiger partial charge in [0, 0.05) is 5.82 Å². The quantitative estimate of drug-likeness (QED) is 0.527. The third kappa shape index (κ3) is 3.35. The Hall–Kier alpha value is -0.275. The molecule has 17 heavy (non-hydrogen) atoms. The van der Waals surface area contributed by atoms with Crippen LogP contribution in [-0.2, 0) is 9.31 Å². The van der Waals surface area contributed by atoms with Crippen LogP contribution in [-0.4, -0.2) is 18.3 Å². The normalized spacial score (nSPS) is 24.5. The molecule has 0 saturated carbocycles. The molecule has 1 aliphatic rings. The molecule has 1 fully saturated rings. The third-order valence-electron chi connectivity index (χ3n) is 3.95. The lowest BCUT2D eigenvalue weighted by molar-refractivity contribution is 0.00578. The van der Waals surface area contributed by atoms with Crippen molar-refractivity contribution < 1.29 is 9.31 Å². The molecule has 1 atom stereocenters. The first-order valence-corrected chi connectivity index (χ1v) is 6.82. The minimum absolute atomic E-state index is 0.0947. The second-order valence-electron chi connectivity index (χ2n) is 5.96. The van der Waals surface area contributed by atoms with E-state index in [9.17, 15) is 0 Å². The van der Waals surface area contributed by atoms with E-state index in [0.29, 0.717) is 5.82 Å². The molecular formula is C14H27BO2. The van der Waals surface area contributed by atoms with E-state index in [1.165, 1.54) is 12.8 Å². The summed E-state index contributed by atoms with van der Waals surface area (Å²) in [5.41, 5.74) is -0.437. The number of allylic oxidation sites excluding steroid dienone is 2. The van der Waals surface area contributed by atoms with Gasteiger partial charge in [0.15, 0.2) is 0 Å². The lowest BCUT2D eigenvalue weighted by Gasteiger charge is -2.32. The van der Waals surface area contributed by atoms with Crippen molar-refractivity contribution in [1.82, 2.24) is 0 Å². The van der Waals surface area contributed by atoms with E-state index in [2.05, 4.69) is 53.7 Å². The molecule has 1 saturated heterocycles. The predicted molar refractivity (Wildman–Crippen MR) is 74.2 cm³/mol. The van der Waals surface area contributed by atoms with Crippen LogP contribution in [0.25, 0.3) is 0 Å². The summed E-state index contributed by atoms with van der Waals surface area (Å²) >= 11 is 0. The summed E-state index contributed by atoms with van der Waals surface area (Å²) in [6.45, 7) is 12.7. The van der Waals surface area contributed by atoms with Gasteiger partial charge in [0.25, 0.3) is 0 Å². The van der Waals surface area contributed by atoms with E-state index in [0.717, 1.165) is 6.42 Å². The molecule has 2 nitrogen and oxygen atoms in total. The van der Waals surface area contributed by atoms with Gasteiger partial charge in [0.1, 0.15) is 0 Å². The van der Waals surface area contributed by atoms with E-state index in [1.54, 1.807) is 0 Å². The van der Waals surface area contributed by atoms with Gasteiger partial charge in [0.05, 0.1) is 11.2 Å². The van der Waals surface area contributed by atoms with Gasteiger partial charge in [-0.1, -0.05) is 31.9 Å². The first kappa shape index (κ1) is 14.8. The average Bonchev–Trinajstić information content (AvgIpc) is 2.43. The monoisotopic (exact) mass is 238 g/mol. The summed E-state index contributed by atoms with van der Waals surface area (Å²) in [4.78, 5) is 0. The second kappa shape index (κ2) is 5.58. The maximum Gasteiger partial charge on any atom is 0.465 e. The molecule has 0 unspecified atom stereocenters. The van der Waals surface area contributed by atoms with Crippen LogP contribution in [0.1, 0.15) is 60.8 Å². The van der Waals surface area contributed by atoms with E-state index in [4.69, 9.17) is 9.31 Å². The molecule has 1 aliphatic heterocycles. The molecule has 0 N–H and O–H groups in total. The number of unbranched alkanes of at least 4 members (excludes halogenated alkanes) is 1. The fourth-order valence-corrected chi connectivity index (χ4v) is 2.07. The number of hydrogen-bond acceptors (Lipinski definition) is 2. The first-order chi connectivity index (χ1) is 7.84. The summed E-state index contributed by atoms with van der Waals surface area (Å²) in [6, 6.07) is 0. The minimum Gasteiger partial charge on any atom is -0.403 e. The highest BCUT2D eigenvalue weighted by atomic mass is 16.7. The first-order valence-electron chi connectivity index (χ1n) is 6.82. The molecule has 1 rings (SSSR count). The van der Waals surface area contributed by atoms with Crippen LogP contribution in [0.3, 0.4) is 0 Å². The average molecular weight is 238 g/mol. The van der Waals surface area contributed by atoms with Crippen LogP contribution >= 0.6 is 0 Å². The summed E-state index contributed by atoms with van der Waals surface area (Å²) < 4.78 is 12.2. The summed E-state index contributed by atoms with van der Waals surface area (Å²) in [5, 5.41) is 0. The third-order valence-corrected chi connectivity index (χ3v) is 3.95. The van der Waals surface area contributed by atoms with Crippen molar-refractivity contribution >= 4 is 7.12 Å². The Morgan fingerprint density at radius 3 is 2.06 bits per heavy atom. The van der Waals surface area contributed by atoms with Crippen LogP contribution < -0.4 is 0 Å². The maximum absolute atomic E-state index is 6.10. The summed E-state index contributed by atoms with van der Waals surface area (Å²) in [5.74, 6) is 0.376. The Kier molecular flexibility index (Phi) is 4.85. The van der Waals surface area contributed by atoms with E-state index in [1.807, 2.05) is 0 Å². The van der Waals surface area contributed by atoms with Gasteiger partial charge in [-0.25, -0.2) is 0 Å². The van der Waals surface area contributed by atoms with E-state index in [-0.39, 0.29) is 18.3 Å². The Bertz CT molecular complexity index is 255. The number of rotatable bonds is 5. The molecular weight excluding hydrogens is 211 g/mol. The van der Waals surface area contributed by atoms with Crippen molar-refractivity contribution in [3.63, 3.8) is 0 Å². The highest BCUT2D eigenvalue weighted by molar-refractivity contribution is 6.48. The highest BCUT2D eigenvalue weighted by Gasteiger charge is 2.52. The van der Waals surface area contributed by atoms with Crippen molar-refractivity contribution in [1.29, 1.82) is 0 Å². The molecule has 0 spiro atoms. The van der Waals surface area contributed by atoms with Gasteiger partial charge < -0.3 is 9.31 Å². The van der Waals surface area contributed by atoms with Crippen molar-refractivity contribution in [2.75, 3.05) is 0 Å². The Labute approximate surface area is 107 Å². The van der Waals surface area contributed by atoms with Crippen molar-refractivity contribution in [3.05, 3.63) is 12.2 Å². The lowest BCUT2D eigenvalue weighted by Crippen LogP contribution is -2.41. The fraction of sp³-hybridized carbons (Fsp3) is 0.857. The van der Waals surface area contributed by atoms with Gasteiger partial charge in [-0.15, -0.1) is 0 Å².